The first-order valence-electron chi connectivity index (χ1n) is 8.69. The number of thioether (sulfide) groups is 1. The average molecular weight is 313 g/mol. The highest BCUT2D eigenvalue weighted by Gasteiger charge is 2.44. The van der Waals surface area contributed by atoms with E-state index >= 15 is 0 Å². The van der Waals surface area contributed by atoms with Gasteiger partial charge in [0.1, 0.15) is 0 Å². The highest BCUT2D eigenvalue weighted by Crippen LogP contribution is 2.34. The van der Waals surface area contributed by atoms with Crippen LogP contribution in [-0.2, 0) is 4.79 Å². The van der Waals surface area contributed by atoms with E-state index in [0.29, 0.717) is 17.9 Å². The van der Waals surface area contributed by atoms with Crippen LogP contribution in [0.25, 0.3) is 0 Å². The third kappa shape index (κ3) is 3.95. The van der Waals surface area contributed by atoms with Gasteiger partial charge in [-0.15, -0.1) is 0 Å². The Bertz CT molecular complexity index is 348. The maximum Gasteiger partial charge on any atom is 0.241 e. The van der Waals surface area contributed by atoms with Gasteiger partial charge in [0.15, 0.2) is 0 Å². The van der Waals surface area contributed by atoms with Crippen LogP contribution < -0.4 is 5.32 Å². The van der Waals surface area contributed by atoms with E-state index in [-0.39, 0.29) is 12.2 Å². The number of amides is 1. The van der Waals surface area contributed by atoms with Crippen LogP contribution in [0.4, 0.5) is 0 Å². The molecule has 1 saturated carbocycles. The summed E-state index contributed by atoms with van der Waals surface area (Å²) in [5.41, 5.74) is 0. The highest BCUT2D eigenvalue weighted by molar-refractivity contribution is 7.99. The van der Waals surface area contributed by atoms with E-state index < -0.39 is 0 Å². The van der Waals surface area contributed by atoms with Crippen LogP contribution in [0.5, 0.6) is 0 Å². The van der Waals surface area contributed by atoms with E-state index in [1.807, 2.05) is 11.8 Å². The van der Waals surface area contributed by atoms with Gasteiger partial charge in [-0.1, -0.05) is 40.0 Å². The summed E-state index contributed by atoms with van der Waals surface area (Å²) in [5.74, 6) is 0.851. The van der Waals surface area contributed by atoms with Gasteiger partial charge in [-0.25, -0.2) is 0 Å². The van der Waals surface area contributed by atoms with Crippen molar-refractivity contribution in [2.24, 2.45) is 5.92 Å². The molecular weight excluding hydrogens is 280 g/mol. The summed E-state index contributed by atoms with van der Waals surface area (Å²) in [4.78, 5) is 15.1. The minimum atomic E-state index is 0.0620. The van der Waals surface area contributed by atoms with Gasteiger partial charge in [-0.2, -0.15) is 11.8 Å². The Hall–Kier alpha value is -0.220. The van der Waals surface area contributed by atoms with Gasteiger partial charge in [0.25, 0.3) is 0 Å². The molecule has 2 rings (SSSR count). The van der Waals surface area contributed by atoms with Gasteiger partial charge in [-0.3, -0.25) is 10.1 Å². The number of hydrogen-bond donors (Lipinski definition) is 1. The molecule has 4 heteroatoms. The van der Waals surface area contributed by atoms with Gasteiger partial charge >= 0.3 is 0 Å². The van der Waals surface area contributed by atoms with Gasteiger partial charge in [0.05, 0.1) is 12.2 Å². The number of carbonyl (C=O) groups excluding carboxylic acids is 1. The van der Waals surface area contributed by atoms with Crippen molar-refractivity contribution in [1.82, 2.24) is 10.2 Å². The molecule has 122 valence electrons. The standard InChI is InChI=1S/C17H32N2OS/c1-5-6-10-15-17(20)19(16(18-15)12(2)3)13-8-7-9-14(11-13)21-4/h12-16,18H,5-11H2,1-4H3. The third-order valence-electron chi connectivity index (χ3n) is 5.03. The zero-order chi connectivity index (χ0) is 15.4. The van der Waals surface area contributed by atoms with Gasteiger partial charge in [0.2, 0.25) is 5.91 Å². The first-order chi connectivity index (χ1) is 10.1. The maximum atomic E-state index is 12.9. The molecular formula is C17H32N2OS. The summed E-state index contributed by atoms with van der Waals surface area (Å²) in [6.45, 7) is 6.66. The number of nitrogens with one attached hydrogen (secondary N) is 1. The second-order valence-corrected chi connectivity index (χ2v) is 8.11. The highest BCUT2D eigenvalue weighted by atomic mass is 32.2. The molecule has 0 radical (unpaired) electrons. The molecule has 1 aliphatic heterocycles. The lowest BCUT2D eigenvalue weighted by Gasteiger charge is -2.39. The fraction of sp³-hybridized carbons (Fsp3) is 0.941. The second kappa shape index (κ2) is 7.87. The van der Waals surface area contributed by atoms with Gasteiger partial charge in [-0.05, 0) is 37.9 Å². The summed E-state index contributed by atoms with van der Waals surface area (Å²) < 4.78 is 0. The molecule has 4 unspecified atom stereocenters. The average Bonchev–Trinajstić information content (AvgIpc) is 2.82. The van der Waals surface area contributed by atoms with Crippen LogP contribution in [0.2, 0.25) is 0 Å². The van der Waals surface area contributed by atoms with Crippen molar-refractivity contribution < 1.29 is 4.79 Å². The molecule has 21 heavy (non-hydrogen) atoms. The fourth-order valence-corrected chi connectivity index (χ4v) is 4.61. The van der Waals surface area contributed by atoms with E-state index in [0.717, 1.165) is 24.5 Å². The number of nitrogens with zero attached hydrogens (tertiary/aromatic N) is 1. The van der Waals surface area contributed by atoms with Gasteiger partial charge < -0.3 is 4.90 Å². The third-order valence-corrected chi connectivity index (χ3v) is 6.12. The van der Waals surface area contributed by atoms with Crippen molar-refractivity contribution in [3.63, 3.8) is 0 Å². The lowest BCUT2D eigenvalue weighted by molar-refractivity contribution is -0.133. The van der Waals surface area contributed by atoms with Crippen LogP contribution >= 0.6 is 11.8 Å². The largest absolute Gasteiger partial charge is 0.323 e. The predicted molar refractivity (Wildman–Crippen MR) is 91.5 cm³/mol. The first-order valence-corrected chi connectivity index (χ1v) is 9.98. The van der Waals surface area contributed by atoms with E-state index in [1.54, 1.807) is 0 Å². The molecule has 4 atom stereocenters. The smallest absolute Gasteiger partial charge is 0.241 e. The monoisotopic (exact) mass is 312 g/mol. The molecule has 0 aromatic carbocycles. The van der Waals surface area contributed by atoms with Crippen molar-refractivity contribution >= 4 is 17.7 Å². The number of hydrogen-bond acceptors (Lipinski definition) is 3. The summed E-state index contributed by atoms with van der Waals surface area (Å²) in [5, 5.41) is 4.36. The van der Waals surface area contributed by atoms with Crippen LogP contribution in [-0.4, -0.2) is 40.6 Å². The minimum absolute atomic E-state index is 0.0620. The Morgan fingerprint density at radius 1 is 1.38 bits per heavy atom. The lowest BCUT2D eigenvalue weighted by Crippen LogP contribution is -2.49. The fourth-order valence-electron chi connectivity index (χ4n) is 3.80. The van der Waals surface area contributed by atoms with Crippen molar-refractivity contribution in [2.45, 2.75) is 89.2 Å². The lowest BCUT2D eigenvalue weighted by atomic mass is 9.92. The van der Waals surface area contributed by atoms with Crippen molar-refractivity contribution in [3.05, 3.63) is 0 Å². The Morgan fingerprint density at radius 3 is 2.76 bits per heavy atom. The molecule has 1 heterocycles. The number of rotatable bonds is 6. The zero-order valence-electron chi connectivity index (χ0n) is 14.1. The second-order valence-electron chi connectivity index (χ2n) is 6.97. The Balaban J connectivity index is 2.08. The molecule has 0 aromatic heterocycles. The molecule has 3 nitrogen and oxygen atoms in total. The number of unbranched alkanes of at least 4 members (excludes halogenated alkanes) is 1. The first kappa shape index (κ1) is 17.1. The van der Waals surface area contributed by atoms with Crippen LogP contribution in [0.1, 0.15) is 65.7 Å². The van der Waals surface area contributed by atoms with Crippen molar-refractivity contribution in [1.29, 1.82) is 0 Å². The number of carbonyl (C=O) groups is 1. The molecule has 2 fully saturated rings. The molecule has 0 spiro atoms. The molecule has 1 amide bonds. The minimum Gasteiger partial charge on any atom is -0.323 e. The van der Waals surface area contributed by atoms with E-state index in [2.05, 4.69) is 37.2 Å². The molecule has 1 N–H and O–H groups in total. The Labute approximate surface area is 134 Å². The normalized spacial score (nSPS) is 34.0. The predicted octanol–water partition coefficient (Wildman–Crippen LogP) is 3.63. The zero-order valence-corrected chi connectivity index (χ0v) is 14.9. The quantitative estimate of drug-likeness (QED) is 0.813. The molecule has 1 saturated heterocycles. The van der Waals surface area contributed by atoms with Crippen LogP contribution in [0, 0.1) is 5.92 Å². The van der Waals surface area contributed by atoms with E-state index in [1.165, 1.54) is 25.7 Å². The molecule has 0 aromatic rings. The van der Waals surface area contributed by atoms with Gasteiger partial charge in [0, 0.05) is 11.3 Å². The van der Waals surface area contributed by atoms with Crippen LogP contribution in [0.3, 0.4) is 0 Å². The van der Waals surface area contributed by atoms with Crippen molar-refractivity contribution in [3.8, 4) is 0 Å². The van der Waals surface area contributed by atoms with E-state index in [9.17, 15) is 4.79 Å². The summed E-state index contributed by atoms with van der Waals surface area (Å²) in [6, 6.07) is 0.516. The maximum absolute atomic E-state index is 12.9. The summed E-state index contributed by atoms with van der Waals surface area (Å²) >= 11 is 1.98. The van der Waals surface area contributed by atoms with Crippen LogP contribution in [0.15, 0.2) is 0 Å². The molecule has 1 aliphatic carbocycles. The van der Waals surface area contributed by atoms with Crippen molar-refractivity contribution in [2.75, 3.05) is 6.26 Å². The topological polar surface area (TPSA) is 32.3 Å². The SMILES string of the molecule is CCCCC1NC(C(C)C)N(C2CCCC(SC)C2)C1=O. The summed E-state index contributed by atoms with van der Waals surface area (Å²) in [6.07, 6.45) is 10.7. The van der Waals surface area contributed by atoms with E-state index in [4.69, 9.17) is 0 Å². The Morgan fingerprint density at radius 2 is 2.14 bits per heavy atom. The summed E-state index contributed by atoms with van der Waals surface area (Å²) in [7, 11) is 0. The Kier molecular flexibility index (Phi) is 6.42. The molecule has 0 bridgehead atoms. The molecule has 2 aliphatic rings.